The molecule has 2 amide bonds. The van der Waals surface area contributed by atoms with Gasteiger partial charge in [-0.3, -0.25) is 9.59 Å². The predicted octanol–water partition coefficient (Wildman–Crippen LogP) is 0.903. The molecule has 3 rings (SSSR count). The number of benzene rings is 1. The molecule has 1 fully saturated rings. The predicted molar refractivity (Wildman–Crippen MR) is 87.3 cm³/mol. The van der Waals surface area contributed by atoms with Crippen molar-refractivity contribution in [2.24, 2.45) is 0 Å². The van der Waals surface area contributed by atoms with E-state index >= 15 is 0 Å². The number of carbonyl (C=O) groups is 2. The lowest BCUT2D eigenvalue weighted by atomic mass is 10.0. The van der Waals surface area contributed by atoms with E-state index in [0.717, 1.165) is 17.7 Å². The normalized spacial score (nSPS) is 25.2. The summed E-state index contributed by atoms with van der Waals surface area (Å²) in [6.45, 7) is 3.92. The summed E-state index contributed by atoms with van der Waals surface area (Å²) >= 11 is 0. The Morgan fingerprint density at radius 3 is 2.65 bits per heavy atom. The van der Waals surface area contributed by atoms with Crippen LogP contribution in [-0.4, -0.2) is 43.8 Å². The van der Waals surface area contributed by atoms with Gasteiger partial charge in [0.2, 0.25) is 5.91 Å². The van der Waals surface area contributed by atoms with Crippen molar-refractivity contribution in [2.45, 2.75) is 32.2 Å². The summed E-state index contributed by atoms with van der Waals surface area (Å²) in [6.07, 6.45) is 1.16. The molecular weight excluding hydrogens is 316 g/mol. The fourth-order valence-electron chi connectivity index (χ4n) is 3.33. The number of sulfone groups is 1. The highest BCUT2D eigenvalue weighted by Gasteiger charge is 2.39. The van der Waals surface area contributed by atoms with Crippen molar-refractivity contribution in [2.75, 3.05) is 23.0 Å². The van der Waals surface area contributed by atoms with Crippen LogP contribution in [-0.2, 0) is 21.1 Å². The third-order valence-corrected chi connectivity index (χ3v) is 6.44. The molecule has 2 aliphatic heterocycles. The molecule has 0 radical (unpaired) electrons. The summed E-state index contributed by atoms with van der Waals surface area (Å²) in [5, 5.41) is 2.85. The Balaban J connectivity index is 1.78. The molecule has 1 N–H and O–H groups in total. The quantitative estimate of drug-likeness (QED) is 0.870. The average molecular weight is 336 g/mol. The van der Waals surface area contributed by atoms with Crippen LogP contribution < -0.4 is 10.2 Å². The number of hydrogen-bond acceptors (Lipinski definition) is 4. The lowest BCUT2D eigenvalue weighted by Gasteiger charge is -2.24. The fraction of sp³-hybridized carbons (Fsp3) is 0.500. The van der Waals surface area contributed by atoms with Crippen LogP contribution in [0.15, 0.2) is 18.2 Å². The molecular formula is C16H20N2O4S. The number of hydrogen-bond donors (Lipinski definition) is 1. The summed E-state index contributed by atoms with van der Waals surface area (Å²) in [5.74, 6) is -0.186. The number of fused-ring (bicyclic) bond motifs is 1. The summed E-state index contributed by atoms with van der Waals surface area (Å²) in [5.41, 5.74) is 1.61. The van der Waals surface area contributed by atoms with Gasteiger partial charge in [-0.25, -0.2) is 8.42 Å². The summed E-state index contributed by atoms with van der Waals surface area (Å²) < 4.78 is 23.3. The molecule has 2 heterocycles. The van der Waals surface area contributed by atoms with E-state index in [2.05, 4.69) is 5.32 Å². The van der Waals surface area contributed by atoms with Crippen molar-refractivity contribution in [1.82, 2.24) is 5.32 Å². The summed E-state index contributed by atoms with van der Waals surface area (Å²) in [4.78, 5) is 25.7. The number of anilines is 1. The third-order valence-electron chi connectivity index (χ3n) is 4.54. The molecule has 0 saturated carbocycles. The Morgan fingerprint density at radius 1 is 1.30 bits per heavy atom. The van der Waals surface area contributed by atoms with E-state index in [0.29, 0.717) is 18.5 Å². The number of nitrogens with zero attached hydrogens (tertiary/aromatic N) is 1. The number of carbonyl (C=O) groups excluding carboxylic acids is 2. The molecule has 1 atom stereocenters. The van der Waals surface area contributed by atoms with Crippen molar-refractivity contribution in [1.29, 1.82) is 0 Å². The van der Waals surface area contributed by atoms with Crippen molar-refractivity contribution >= 4 is 27.3 Å². The van der Waals surface area contributed by atoms with Crippen molar-refractivity contribution in [3.05, 3.63) is 29.3 Å². The van der Waals surface area contributed by atoms with Crippen LogP contribution in [0.1, 0.15) is 36.2 Å². The maximum absolute atomic E-state index is 12.4. The van der Waals surface area contributed by atoms with E-state index in [1.54, 1.807) is 30.0 Å². The number of amides is 2. The van der Waals surface area contributed by atoms with Gasteiger partial charge in [-0.15, -0.1) is 0 Å². The second kappa shape index (κ2) is 5.33. The maximum Gasteiger partial charge on any atom is 0.251 e. The fourth-order valence-corrected chi connectivity index (χ4v) is 5.42. The molecule has 6 nitrogen and oxygen atoms in total. The Labute approximate surface area is 135 Å². The molecule has 0 bridgehead atoms. The first-order chi connectivity index (χ1) is 10.7. The van der Waals surface area contributed by atoms with Gasteiger partial charge in [-0.1, -0.05) is 0 Å². The van der Waals surface area contributed by atoms with E-state index in [-0.39, 0.29) is 23.3 Å². The van der Waals surface area contributed by atoms with Gasteiger partial charge in [0.05, 0.1) is 17.0 Å². The Bertz CT molecular complexity index is 787. The molecule has 7 heteroatoms. The van der Waals surface area contributed by atoms with Crippen LogP contribution >= 0.6 is 0 Å². The van der Waals surface area contributed by atoms with Gasteiger partial charge in [0.15, 0.2) is 9.84 Å². The molecule has 0 aromatic heterocycles. The first kappa shape index (κ1) is 16.0. The van der Waals surface area contributed by atoms with Crippen molar-refractivity contribution in [3.63, 3.8) is 0 Å². The van der Waals surface area contributed by atoms with Crippen LogP contribution in [0.3, 0.4) is 0 Å². The zero-order chi connectivity index (χ0) is 16.8. The van der Waals surface area contributed by atoms with Gasteiger partial charge in [-0.05, 0) is 43.5 Å². The second-order valence-electron chi connectivity index (χ2n) is 6.62. The van der Waals surface area contributed by atoms with Crippen LogP contribution in [0.5, 0.6) is 0 Å². The van der Waals surface area contributed by atoms with Crippen LogP contribution in [0.2, 0.25) is 0 Å². The molecule has 0 aliphatic carbocycles. The molecule has 1 unspecified atom stereocenters. The number of rotatable bonds is 2. The molecule has 1 aromatic rings. The smallest absolute Gasteiger partial charge is 0.251 e. The van der Waals surface area contributed by atoms with Gasteiger partial charge in [0.25, 0.3) is 5.91 Å². The van der Waals surface area contributed by atoms with Crippen molar-refractivity contribution in [3.8, 4) is 0 Å². The highest BCUT2D eigenvalue weighted by molar-refractivity contribution is 7.91. The largest absolute Gasteiger partial charge is 0.346 e. The molecule has 1 aromatic carbocycles. The SMILES string of the molecule is CC(=O)N1CCc2cc(C(=O)NC3(C)CCS(=O)(=O)C3)ccc21. The molecule has 2 aliphatic rings. The highest BCUT2D eigenvalue weighted by atomic mass is 32.2. The van der Waals surface area contributed by atoms with Gasteiger partial charge in [0, 0.05) is 24.7 Å². The van der Waals surface area contributed by atoms with Crippen LogP contribution in [0.25, 0.3) is 0 Å². The first-order valence-electron chi connectivity index (χ1n) is 7.63. The van der Waals surface area contributed by atoms with Crippen molar-refractivity contribution < 1.29 is 18.0 Å². The van der Waals surface area contributed by atoms with E-state index in [1.807, 2.05) is 0 Å². The highest BCUT2D eigenvalue weighted by Crippen LogP contribution is 2.29. The zero-order valence-electron chi connectivity index (χ0n) is 13.3. The molecule has 23 heavy (non-hydrogen) atoms. The topological polar surface area (TPSA) is 83.6 Å². The standard InChI is InChI=1S/C16H20N2O4S/c1-11(19)18-7-5-12-9-13(3-4-14(12)18)15(20)17-16(2)6-8-23(21,22)10-16/h3-4,9H,5-8,10H2,1-2H3,(H,17,20). The average Bonchev–Trinajstić information content (AvgIpc) is 2.98. The number of nitrogens with one attached hydrogen (secondary N) is 1. The lowest BCUT2D eigenvalue weighted by Crippen LogP contribution is -2.46. The Kier molecular flexibility index (Phi) is 3.71. The van der Waals surface area contributed by atoms with E-state index in [9.17, 15) is 18.0 Å². The van der Waals surface area contributed by atoms with Gasteiger partial charge in [0.1, 0.15) is 0 Å². The van der Waals surface area contributed by atoms with Crippen LogP contribution in [0.4, 0.5) is 5.69 Å². The van der Waals surface area contributed by atoms with E-state index in [1.165, 1.54) is 6.92 Å². The van der Waals surface area contributed by atoms with E-state index in [4.69, 9.17) is 0 Å². The van der Waals surface area contributed by atoms with Gasteiger partial charge in [-0.2, -0.15) is 0 Å². The Hall–Kier alpha value is -1.89. The minimum atomic E-state index is -3.07. The Morgan fingerprint density at radius 2 is 2.04 bits per heavy atom. The summed E-state index contributed by atoms with van der Waals surface area (Å²) in [7, 11) is -3.07. The molecule has 0 spiro atoms. The molecule has 124 valence electrons. The van der Waals surface area contributed by atoms with Crippen LogP contribution in [0, 0.1) is 0 Å². The molecule has 1 saturated heterocycles. The maximum atomic E-state index is 12.4. The summed E-state index contributed by atoms with van der Waals surface area (Å²) in [6, 6.07) is 5.26. The first-order valence-corrected chi connectivity index (χ1v) is 9.45. The second-order valence-corrected chi connectivity index (χ2v) is 8.81. The minimum absolute atomic E-state index is 0.00961. The minimum Gasteiger partial charge on any atom is -0.346 e. The lowest BCUT2D eigenvalue weighted by molar-refractivity contribution is -0.116. The zero-order valence-corrected chi connectivity index (χ0v) is 14.1. The van der Waals surface area contributed by atoms with Gasteiger partial charge < -0.3 is 10.2 Å². The monoisotopic (exact) mass is 336 g/mol. The third kappa shape index (κ3) is 3.10. The van der Waals surface area contributed by atoms with E-state index < -0.39 is 15.4 Å². The van der Waals surface area contributed by atoms with Gasteiger partial charge >= 0.3 is 0 Å².